The van der Waals surface area contributed by atoms with E-state index in [1.165, 1.54) is 5.56 Å². The van der Waals surface area contributed by atoms with E-state index >= 15 is 0 Å². The van der Waals surface area contributed by atoms with Crippen LogP contribution < -0.4 is 5.73 Å². The Morgan fingerprint density at radius 3 is 2.05 bits per heavy atom. The van der Waals surface area contributed by atoms with E-state index in [9.17, 15) is 5.11 Å². The van der Waals surface area contributed by atoms with Crippen LogP contribution in [0, 0.1) is 5.92 Å². The summed E-state index contributed by atoms with van der Waals surface area (Å²) in [5.74, 6) is 0.0996. The van der Waals surface area contributed by atoms with Crippen LogP contribution in [0.5, 0.6) is 0 Å². The van der Waals surface area contributed by atoms with Crippen LogP contribution in [0.15, 0.2) is 60.7 Å². The summed E-state index contributed by atoms with van der Waals surface area (Å²) in [6, 6.07) is 20.1. The van der Waals surface area contributed by atoms with Gasteiger partial charge in [-0.05, 0) is 30.5 Å². The van der Waals surface area contributed by atoms with E-state index in [-0.39, 0.29) is 5.92 Å². The first-order chi connectivity index (χ1) is 9.31. The first-order valence-electron chi connectivity index (χ1n) is 6.78. The summed E-state index contributed by atoms with van der Waals surface area (Å²) < 4.78 is 0. The fourth-order valence-electron chi connectivity index (χ4n) is 2.32. The van der Waals surface area contributed by atoms with E-state index in [1.54, 1.807) is 0 Å². The minimum absolute atomic E-state index is 0.0996. The molecule has 3 N–H and O–H groups in total. The Balaban J connectivity index is 1.97. The van der Waals surface area contributed by atoms with E-state index in [0.717, 1.165) is 18.4 Å². The smallest absolute Gasteiger partial charge is 0.0830 e. The standard InChI is InChI=1S/C17H21NO/c18-13-16(12-11-14-7-3-1-4-8-14)17(19)15-9-5-2-6-10-15/h1-10,16-17,19H,11-13,18H2. The molecule has 2 aromatic rings. The predicted molar refractivity (Wildman–Crippen MR) is 78.7 cm³/mol. The second kappa shape index (κ2) is 7.07. The molecule has 0 radical (unpaired) electrons. The van der Waals surface area contributed by atoms with Crippen molar-refractivity contribution in [1.82, 2.24) is 0 Å². The lowest BCUT2D eigenvalue weighted by atomic mass is 9.90. The number of hydrogen-bond acceptors (Lipinski definition) is 2. The van der Waals surface area contributed by atoms with Crippen molar-refractivity contribution in [2.45, 2.75) is 18.9 Å². The number of rotatable bonds is 6. The molecule has 100 valence electrons. The molecule has 0 saturated carbocycles. The zero-order valence-corrected chi connectivity index (χ0v) is 11.1. The molecule has 19 heavy (non-hydrogen) atoms. The highest BCUT2D eigenvalue weighted by Crippen LogP contribution is 2.25. The number of hydrogen-bond donors (Lipinski definition) is 2. The van der Waals surface area contributed by atoms with Gasteiger partial charge in [0.25, 0.3) is 0 Å². The average Bonchev–Trinajstić information content (AvgIpc) is 2.49. The number of aliphatic hydroxyl groups excluding tert-OH is 1. The van der Waals surface area contributed by atoms with Gasteiger partial charge in [0.05, 0.1) is 6.10 Å². The highest BCUT2D eigenvalue weighted by Gasteiger charge is 2.19. The molecule has 2 nitrogen and oxygen atoms in total. The van der Waals surface area contributed by atoms with E-state index in [4.69, 9.17) is 5.73 Å². The molecule has 2 rings (SSSR count). The second-order valence-electron chi connectivity index (χ2n) is 4.88. The Kier molecular flexibility index (Phi) is 5.13. The minimum atomic E-state index is -0.477. The summed E-state index contributed by atoms with van der Waals surface area (Å²) >= 11 is 0. The minimum Gasteiger partial charge on any atom is -0.388 e. The maximum absolute atomic E-state index is 10.4. The Bertz CT molecular complexity index is 469. The quantitative estimate of drug-likeness (QED) is 0.833. The van der Waals surface area contributed by atoms with E-state index in [0.29, 0.717) is 6.54 Å². The third-order valence-electron chi connectivity index (χ3n) is 3.54. The summed E-state index contributed by atoms with van der Waals surface area (Å²) in [5, 5.41) is 10.4. The third-order valence-corrected chi connectivity index (χ3v) is 3.54. The summed E-state index contributed by atoms with van der Waals surface area (Å²) in [7, 11) is 0. The Hall–Kier alpha value is -1.64. The molecule has 0 aliphatic heterocycles. The van der Waals surface area contributed by atoms with Crippen molar-refractivity contribution in [3.63, 3.8) is 0 Å². The largest absolute Gasteiger partial charge is 0.388 e. The molecular weight excluding hydrogens is 234 g/mol. The molecule has 0 aliphatic rings. The number of nitrogens with two attached hydrogens (primary N) is 1. The summed E-state index contributed by atoms with van der Waals surface area (Å²) in [6.07, 6.45) is 1.37. The molecule has 0 saturated heterocycles. The number of aryl methyl sites for hydroxylation is 1. The maximum atomic E-state index is 10.4. The Labute approximate surface area is 114 Å². The van der Waals surface area contributed by atoms with Gasteiger partial charge in [0, 0.05) is 5.92 Å². The van der Waals surface area contributed by atoms with E-state index in [1.807, 2.05) is 48.5 Å². The monoisotopic (exact) mass is 255 g/mol. The molecule has 0 aliphatic carbocycles. The SMILES string of the molecule is NCC(CCc1ccccc1)C(O)c1ccccc1. The molecule has 0 fully saturated rings. The van der Waals surface area contributed by atoms with E-state index < -0.39 is 6.10 Å². The average molecular weight is 255 g/mol. The van der Waals surface area contributed by atoms with Crippen molar-refractivity contribution in [2.24, 2.45) is 11.7 Å². The van der Waals surface area contributed by atoms with Crippen LogP contribution in [0.25, 0.3) is 0 Å². The van der Waals surface area contributed by atoms with Crippen LogP contribution in [0.3, 0.4) is 0 Å². The van der Waals surface area contributed by atoms with Crippen LogP contribution in [0.1, 0.15) is 23.7 Å². The van der Waals surface area contributed by atoms with Crippen molar-refractivity contribution in [2.75, 3.05) is 6.54 Å². The molecular formula is C17H21NO. The molecule has 2 aromatic carbocycles. The van der Waals surface area contributed by atoms with Crippen LogP contribution >= 0.6 is 0 Å². The highest BCUT2D eigenvalue weighted by molar-refractivity contribution is 5.19. The molecule has 0 amide bonds. The lowest BCUT2D eigenvalue weighted by Gasteiger charge is -2.21. The molecule has 2 atom stereocenters. The van der Waals surface area contributed by atoms with Crippen LogP contribution in [-0.2, 0) is 6.42 Å². The van der Waals surface area contributed by atoms with Gasteiger partial charge in [0.1, 0.15) is 0 Å². The van der Waals surface area contributed by atoms with Gasteiger partial charge in [0.15, 0.2) is 0 Å². The van der Waals surface area contributed by atoms with Gasteiger partial charge < -0.3 is 10.8 Å². The van der Waals surface area contributed by atoms with Crippen LogP contribution in [-0.4, -0.2) is 11.7 Å². The van der Waals surface area contributed by atoms with Crippen molar-refractivity contribution in [1.29, 1.82) is 0 Å². The lowest BCUT2D eigenvalue weighted by molar-refractivity contribution is 0.107. The zero-order chi connectivity index (χ0) is 13.5. The topological polar surface area (TPSA) is 46.2 Å². The summed E-state index contributed by atoms with van der Waals surface area (Å²) in [5.41, 5.74) is 8.06. The fourth-order valence-corrected chi connectivity index (χ4v) is 2.32. The van der Waals surface area contributed by atoms with Crippen LogP contribution in [0.2, 0.25) is 0 Å². The summed E-state index contributed by atoms with van der Waals surface area (Å²) in [6.45, 7) is 0.503. The van der Waals surface area contributed by atoms with Gasteiger partial charge in [-0.1, -0.05) is 60.7 Å². The van der Waals surface area contributed by atoms with Gasteiger partial charge in [0.2, 0.25) is 0 Å². The fraction of sp³-hybridized carbons (Fsp3) is 0.294. The summed E-state index contributed by atoms with van der Waals surface area (Å²) in [4.78, 5) is 0. The molecule has 2 unspecified atom stereocenters. The second-order valence-corrected chi connectivity index (χ2v) is 4.88. The normalized spacial score (nSPS) is 14.0. The number of aliphatic hydroxyl groups is 1. The van der Waals surface area contributed by atoms with Gasteiger partial charge in [-0.15, -0.1) is 0 Å². The van der Waals surface area contributed by atoms with Crippen molar-refractivity contribution >= 4 is 0 Å². The third kappa shape index (κ3) is 3.91. The van der Waals surface area contributed by atoms with Gasteiger partial charge in [-0.3, -0.25) is 0 Å². The zero-order valence-electron chi connectivity index (χ0n) is 11.1. The number of benzene rings is 2. The first kappa shape index (κ1) is 13.8. The lowest BCUT2D eigenvalue weighted by Crippen LogP contribution is -2.22. The predicted octanol–water partition coefficient (Wildman–Crippen LogP) is 2.93. The maximum Gasteiger partial charge on any atom is 0.0830 e. The van der Waals surface area contributed by atoms with Gasteiger partial charge in [-0.2, -0.15) is 0 Å². The van der Waals surface area contributed by atoms with Gasteiger partial charge in [-0.25, -0.2) is 0 Å². The molecule has 0 aromatic heterocycles. The van der Waals surface area contributed by atoms with E-state index in [2.05, 4.69) is 12.1 Å². The van der Waals surface area contributed by atoms with Crippen molar-refractivity contribution < 1.29 is 5.11 Å². The molecule has 0 bridgehead atoms. The molecule has 0 heterocycles. The van der Waals surface area contributed by atoms with Crippen molar-refractivity contribution in [3.8, 4) is 0 Å². The van der Waals surface area contributed by atoms with Crippen molar-refractivity contribution in [3.05, 3.63) is 71.8 Å². The first-order valence-corrected chi connectivity index (χ1v) is 6.78. The Morgan fingerprint density at radius 2 is 1.47 bits per heavy atom. The van der Waals surface area contributed by atoms with Gasteiger partial charge >= 0.3 is 0 Å². The Morgan fingerprint density at radius 1 is 0.895 bits per heavy atom. The molecule has 2 heteroatoms. The van der Waals surface area contributed by atoms with Crippen LogP contribution in [0.4, 0.5) is 0 Å². The highest BCUT2D eigenvalue weighted by atomic mass is 16.3. The molecule has 0 spiro atoms.